The van der Waals surface area contributed by atoms with Crippen LogP contribution in [0.1, 0.15) is 27.2 Å². The lowest BCUT2D eigenvalue weighted by atomic mass is 10.1. The van der Waals surface area contributed by atoms with Gasteiger partial charge in [0.25, 0.3) is 15.9 Å². The molecule has 3 amide bonds. The van der Waals surface area contributed by atoms with Crippen LogP contribution in [-0.2, 0) is 26.1 Å². The zero-order valence-electron chi connectivity index (χ0n) is 18.5. The Labute approximate surface area is 196 Å². The predicted molar refractivity (Wildman–Crippen MR) is 123 cm³/mol. The van der Waals surface area contributed by atoms with Gasteiger partial charge in [0.15, 0.2) is 6.61 Å². The Hall–Kier alpha value is -4.12. The van der Waals surface area contributed by atoms with Gasteiger partial charge in [-0.15, -0.1) is 0 Å². The smallest absolute Gasteiger partial charge is 0.338 e. The minimum Gasteiger partial charge on any atom is -0.467 e. The first kappa shape index (κ1) is 24.5. The predicted octanol–water partition coefficient (Wildman–Crippen LogP) is 2.88. The quantitative estimate of drug-likeness (QED) is 0.416. The molecular formula is C23H23N3O7S. The third-order valence-corrected chi connectivity index (χ3v) is 5.98. The van der Waals surface area contributed by atoms with E-state index >= 15 is 0 Å². The Morgan fingerprint density at radius 3 is 2.50 bits per heavy atom. The summed E-state index contributed by atoms with van der Waals surface area (Å²) in [7, 11) is -3.97. The Balaban J connectivity index is 1.59. The average molecular weight is 486 g/mol. The van der Waals surface area contributed by atoms with E-state index in [1.54, 1.807) is 37.3 Å². The number of aryl methyl sites for hydroxylation is 2. The van der Waals surface area contributed by atoms with E-state index in [0.717, 1.165) is 5.56 Å². The molecule has 178 valence electrons. The Kier molecular flexibility index (Phi) is 7.69. The molecule has 0 aliphatic heterocycles. The molecule has 3 aromatic rings. The van der Waals surface area contributed by atoms with Gasteiger partial charge in [0, 0.05) is 5.69 Å². The van der Waals surface area contributed by atoms with E-state index in [-0.39, 0.29) is 17.0 Å². The molecule has 10 nitrogen and oxygen atoms in total. The maximum absolute atomic E-state index is 12.8. The van der Waals surface area contributed by atoms with Gasteiger partial charge in [-0.1, -0.05) is 18.2 Å². The second-order valence-corrected chi connectivity index (χ2v) is 9.02. The number of furan rings is 1. The largest absolute Gasteiger partial charge is 0.467 e. The Morgan fingerprint density at radius 2 is 1.79 bits per heavy atom. The van der Waals surface area contributed by atoms with E-state index in [9.17, 15) is 22.8 Å². The van der Waals surface area contributed by atoms with Crippen molar-refractivity contribution in [3.8, 4) is 0 Å². The average Bonchev–Trinajstić information content (AvgIpc) is 3.30. The zero-order chi connectivity index (χ0) is 24.7. The molecule has 1 heterocycles. The second-order valence-electron chi connectivity index (χ2n) is 7.34. The fourth-order valence-electron chi connectivity index (χ4n) is 2.91. The van der Waals surface area contributed by atoms with Crippen LogP contribution in [0.15, 0.2) is 70.2 Å². The number of sulfonamides is 1. The Bertz CT molecular complexity index is 1300. The van der Waals surface area contributed by atoms with Gasteiger partial charge in [-0.05, 0) is 61.4 Å². The molecule has 3 rings (SSSR count). The zero-order valence-corrected chi connectivity index (χ0v) is 19.3. The number of amides is 3. The molecule has 11 heteroatoms. The number of imide groups is 1. The monoisotopic (exact) mass is 485 g/mol. The van der Waals surface area contributed by atoms with E-state index in [0.29, 0.717) is 17.0 Å². The van der Waals surface area contributed by atoms with Crippen LogP contribution < -0.4 is 15.4 Å². The van der Waals surface area contributed by atoms with E-state index in [1.165, 1.54) is 24.5 Å². The highest BCUT2D eigenvalue weighted by Crippen LogP contribution is 2.20. The van der Waals surface area contributed by atoms with Crippen molar-refractivity contribution in [3.05, 3.63) is 83.3 Å². The first-order valence-electron chi connectivity index (χ1n) is 10.1. The van der Waals surface area contributed by atoms with Crippen molar-refractivity contribution in [1.82, 2.24) is 10.6 Å². The molecule has 0 spiro atoms. The lowest BCUT2D eigenvalue weighted by Crippen LogP contribution is -2.41. The molecule has 2 aromatic carbocycles. The number of nitrogens with one attached hydrogen (secondary N) is 3. The molecule has 0 fully saturated rings. The standard InChI is InChI=1S/C23H23N3O7S/c1-15-5-3-6-17(11-15)26-34(30,31)19-9-8-16(2)20(12-19)22(28)33-14-21(27)25-23(29)24-13-18-7-4-10-32-18/h3-12,26H,13-14H2,1-2H3,(H2,24,25,27,29). The number of ether oxygens (including phenoxy) is 1. The van der Waals surface area contributed by atoms with Gasteiger partial charge < -0.3 is 14.5 Å². The van der Waals surface area contributed by atoms with Crippen LogP contribution in [0, 0.1) is 13.8 Å². The summed E-state index contributed by atoms with van der Waals surface area (Å²) in [6, 6.07) is 13.3. The van der Waals surface area contributed by atoms with Crippen molar-refractivity contribution >= 4 is 33.6 Å². The number of urea groups is 1. The van der Waals surface area contributed by atoms with E-state index < -0.39 is 34.5 Å². The summed E-state index contributed by atoms with van der Waals surface area (Å²) in [6.45, 7) is 2.77. The molecule has 34 heavy (non-hydrogen) atoms. The lowest BCUT2D eigenvalue weighted by molar-refractivity contribution is -0.123. The highest BCUT2D eigenvalue weighted by Gasteiger charge is 2.20. The van der Waals surface area contributed by atoms with Gasteiger partial charge in [-0.2, -0.15) is 0 Å². The molecule has 0 aliphatic carbocycles. The van der Waals surface area contributed by atoms with Crippen LogP contribution in [0.5, 0.6) is 0 Å². The summed E-state index contributed by atoms with van der Waals surface area (Å²) >= 11 is 0. The van der Waals surface area contributed by atoms with E-state index in [4.69, 9.17) is 9.15 Å². The minimum atomic E-state index is -3.97. The van der Waals surface area contributed by atoms with Crippen LogP contribution in [-0.4, -0.2) is 32.9 Å². The number of hydrogen-bond donors (Lipinski definition) is 3. The third kappa shape index (κ3) is 6.69. The van der Waals surface area contributed by atoms with Gasteiger partial charge in [0.05, 0.1) is 23.3 Å². The van der Waals surface area contributed by atoms with Crippen molar-refractivity contribution in [1.29, 1.82) is 0 Å². The summed E-state index contributed by atoms with van der Waals surface area (Å²) in [5.41, 5.74) is 1.69. The van der Waals surface area contributed by atoms with Gasteiger partial charge in [-0.25, -0.2) is 18.0 Å². The van der Waals surface area contributed by atoms with E-state index in [1.807, 2.05) is 18.3 Å². The van der Waals surface area contributed by atoms with Crippen molar-refractivity contribution in [2.45, 2.75) is 25.3 Å². The van der Waals surface area contributed by atoms with Crippen LogP contribution in [0.2, 0.25) is 0 Å². The first-order chi connectivity index (χ1) is 16.1. The molecule has 0 atom stereocenters. The summed E-state index contributed by atoms with van der Waals surface area (Å²) in [5.74, 6) is -1.26. The minimum absolute atomic E-state index is 0.0258. The molecule has 0 bridgehead atoms. The number of rotatable bonds is 8. The van der Waals surface area contributed by atoms with Gasteiger partial charge in [-0.3, -0.25) is 14.8 Å². The molecule has 0 saturated heterocycles. The number of carbonyl (C=O) groups excluding carboxylic acids is 3. The van der Waals surface area contributed by atoms with Crippen LogP contribution in [0.4, 0.5) is 10.5 Å². The highest BCUT2D eigenvalue weighted by molar-refractivity contribution is 7.92. The molecule has 3 N–H and O–H groups in total. The summed E-state index contributed by atoms with van der Waals surface area (Å²) in [4.78, 5) is 36.0. The third-order valence-electron chi connectivity index (χ3n) is 4.60. The first-order valence-corrected chi connectivity index (χ1v) is 11.6. The van der Waals surface area contributed by atoms with E-state index in [2.05, 4.69) is 10.0 Å². The number of benzene rings is 2. The highest BCUT2D eigenvalue weighted by atomic mass is 32.2. The SMILES string of the molecule is Cc1cccc(NS(=O)(=O)c2ccc(C)c(C(=O)OCC(=O)NC(=O)NCc3ccco3)c2)c1. The van der Waals surface area contributed by atoms with Crippen molar-refractivity contribution in [3.63, 3.8) is 0 Å². The van der Waals surface area contributed by atoms with Crippen molar-refractivity contribution < 1.29 is 32.0 Å². The maximum atomic E-state index is 12.8. The summed E-state index contributed by atoms with van der Waals surface area (Å²) < 4.78 is 38.0. The van der Waals surface area contributed by atoms with Crippen LogP contribution in [0.25, 0.3) is 0 Å². The number of carbonyl (C=O) groups is 3. The molecule has 0 saturated carbocycles. The van der Waals surface area contributed by atoms with Crippen LogP contribution >= 0.6 is 0 Å². The number of anilines is 1. The summed E-state index contributed by atoms with van der Waals surface area (Å²) in [5, 5.41) is 4.43. The van der Waals surface area contributed by atoms with Gasteiger partial charge in [0.1, 0.15) is 5.76 Å². The molecule has 0 unspecified atom stereocenters. The van der Waals surface area contributed by atoms with Crippen molar-refractivity contribution in [2.24, 2.45) is 0 Å². The van der Waals surface area contributed by atoms with Gasteiger partial charge >= 0.3 is 12.0 Å². The normalized spacial score (nSPS) is 10.9. The topological polar surface area (TPSA) is 144 Å². The fraction of sp³-hybridized carbons (Fsp3) is 0.174. The fourth-order valence-corrected chi connectivity index (χ4v) is 3.98. The van der Waals surface area contributed by atoms with Crippen LogP contribution in [0.3, 0.4) is 0 Å². The molecule has 1 aromatic heterocycles. The number of hydrogen-bond acceptors (Lipinski definition) is 7. The Morgan fingerprint density at radius 1 is 1.00 bits per heavy atom. The van der Waals surface area contributed by atoms with Gasteiger partial charge in [0.2, 0.25) is 0 Å². The second kappa shape index (κ2) is 10.7. The molecule has 0 radical (unpaired) electrons. The molecule has 0 aliphatic rings. The maximum Gasteiger partial charge on any atom is 0.338 e. The molecular weight excluding hydrogens is 462 g/mol. The van der Waals surface area contributed by atoms with Crippen molar-refractivity contribution in [2.75, 3.05) is 11.3 Å². The lowest BCUT2D eigenvalue weighted by Gasteiger charge is -2.12. The number of esters is 1. The summed E-state index contributed by atoms with van der Waals surface area (Å²) in [6.07, 6.45) is 1.44.